The molecule has 4 aromatic rings. The molecule has 2 amide bonds. The molecule has 0 spiro atoms. The summed E-state index contributed by atoms with van der Waals surface area (Å²) in [5.41, 5.74) is -1.10. The van der Waals surface area contributed by atoms with Gasteiger partial charge in [0.2, 0.25) is 0 Å². The van der Waals surface area contributed by atoms with Gasteiger partial charge in [0, 0.05) is 4.47 Å². The highest BCUT2D eigenvalue weighted by atomic mass is 79.9. The lowest BCUT2D eigenvalue weighted by atomic mass is 9.78. The van der Waals surface area contributed by atoms with Gasteiger partial charge in [-0.3, -0.25) is 0 Å². The highest BCUT2D eigenvalue weighted by molar-refractivity contribution is 9.10. The lowest BCUT2D eigenvalue weighted by molar-refractivity contribution is -0.0226. The lowest BCUT2D eigenvalue weighted by Gasteiger charge is -2.50. The highest BCUT2D eigenvalue weighted by Gasteiger charge is 2.50. The molecule has 6 nitrogen and oxygen atoms in total. The van der Waals surface area contributed by atoms with Crippen LogP contribution in [-0.4, -0.2) is 41.4 Å². The molecular formula is C29H31BrN2O4. The molecule has 0 unspecified atom stereocenters. The van der Waals surface area contributed by atoms with E-state index in [-0.39, 0.29) is 13.1 Å². The Kier molecular flexibility index (Phi) is 5.63. The first-order valence-electron chi connectivity index (χ1n) is 12.1. The summed E-state index contributed by atoms with van der Waals surface area (Å²) in [5.74, 6) is 0. The third kappa shape index (κ3) is 4.34. The average molecular weight is 551 g/mol. The van der Waals surface area contributed by atoms with Gasteiger partial charge in [0.15, 0.2) is 0 Å². The monoisotopic (exact) mass is 550 g/mol. The first-order chi connectivity index (χ1) is 16.8. The van der Waals surface area contributed by atoms with E-state index in [2.05, 4.69) is 69.8 Å². The Morgan fingerprint density at radius 1 is 0.806 bits per heavy atom. The van der Waals surface area contributed by atoms with E-state index in [4.69, 9.17) is 9.47 Å². The molecule has 1 heterocycles. The van der Waals surface area contributed by atoms with Crippen molar-refractivity contribution in [2.24, 2.45) is 0 Å². The number of alkyl carbamates (subject to hydrolysis) is 1. The number of carbonyl (C=O) groups is 2. The van der Waals surface area contributed by atoms with E-state index in [0.29, 0.717) is 0 Å². The molecule has 4 aromatic carbocycles. The summed E-state index contributed by atoms with van der Waals surface area (Å²) in [5, 5.41) is 9.90. The normalized spacial score (nSPS) is 15.8. The fourth-order valence-corrected chi connectivity index (χ4v) is 5.52. The van der Waals surface area contributed by atoms with Crippen molar-refractivity contribution in [1.82, 2.24) is 10.2 Å². The minimum absolute atomic E-state index is 0.287. The zero-order valence-electron chi connectivity index (χ0n) is 21.5. The SMILES string of the molecule is CC(C)(C)OC(=O)NC1(c2ccc3ccc4c(Br)ccc5ccc2c3c54)CN(C(=O)OC(C)(C)C)C1. The van der Waals surface area contributed by atoms with E-state index in [1.54, 1.807) is 4.90 Å². The van der Waals surface area contributed by atoms with E-state index in [0.717, 1.165) is 37.0 Å². The van der Waals surface area contributed by atoms with E-state index in [1.807, 2.05) is 41.5 Å². The number of hydrogen-bond acceptors (Lipinski definition) is 4. The minimum Gasteiger partial charge on any atom is -0.444 e. The molecule has 7 heteroatoms. The molecule has 1 fully saturated rings. The molecule has 0 radical (unpaired) electrons. The first-order valence-corrected chi connectivity index (χ1v) is 12.9. The maximum absolute atomic E-state index is 13.0. The number of amides is 2. The Morgan fingerprint density at radius 3 is 1.94 bits per heavy atom. The van der Waals surface area contributed by atoms with Crippen molar-refractivity contribution in [2.75, 3.05) is 13.1 Å². The number of rotatable bonds is 2. The highest BCUT2D eigenvalue weighted by Crippen LogP contribution is 2.43. The topological polar surface area (TPSA) is 67.9 Å². The van der Waals surface area contributed by atoms with Crippen molar-refractivity contribution in [3.63, 3.8) is 0 Å². The van der Waals surface area contributed by atoms with Crippen LogP contribution in [0.1, 0.15) is 47.1 Å². The Morgan fingerprint density at radius 2 is 1.33 bits per heavy atom. The molecule has 0 aliphatic carbocycles. The third-order valence-corrected chi connectivity index (χ3v) is 7.13. The molecule has 1 aliphatic rings. The Bertz CT molecular complexity index is 1490. The number of nitrogens with zero attached hydrogens (tertiary/aromatic N) is 1. The van der Waals surface area contributed by atoms with Crippen LogP contribution in [0.5, 0.6) is 0 Å². The maximum Gasteiger partial charge on any atom is 0.410 e. The van der Waals surface area contributed by atoms with Crippen LogP contribution in [0.4, 0.5) is 9.59 Å². The lowest BCUT2D eigenvalue weighted by Crippen LogP contribution is -2.69. The number of ether oxygens (including phenoxy) is 2. The van der Waals surface area contributed by atoms with Crippen molar-refractivity contribution < 1.29 is 19.1 Å². The van der Waals surface area contributed by atoms with Gasteiger partial charge in [-0.1, -0.05) is 58.4 Å². The van der Waals surface area contributed by atoms with Gasteiger partial charge in [0.1, 0.15) is 16.7 Å². The minimum atomic E-state index is -0.807. The predicted octanol–water partition coefficient (Wildman–Crippen LogP) is 7.32. The Hall–Kier alpha value is -3.06. The van der Waals surface area contributed by atoms with Crippen LogP contribution in [0.3, 0.4) is 0 Å². The number of benzene rings is 4. The zero-order valence-corrected chi connectivity index (χ0v) is 23.1. The van der Waals surface area contributed by atoms with E-state index in [9.17, 15) is 9.59 Å². The number of halogens is 1. The summed E-state index contributed by atoms with van der Waals surface area (Å²) in [6.07, 6.45) is -0.912. The summed E-state index contributed by atoms with van der Waals surface area (Å²) >= 11 is 3.70. The van der Waals surface area contributed by atoms with Crippen LogP contribution in [0.25, 0.3) is 32.3 Å². The van der Waals surface area contributed by atoms with Gasteiger partial charge in [0.25, 0.3) is 0 Å². The second kappa shape index (κ2) is 8.23. The van der Waals surface area contributed by atoms with Crippen molar-refractivity contribution in [3.8, 4) is 0 Å². The number of likely N-dealkylation sites (tertiary alicyclic amines) is 1. The molecule has 188 valence electrons. The smallest absolute Gasteiger partial charge is 0.410 e. The maximum atomic E-state index is 13.0. The van der Waals surface area contributed by atoms with Crippen molar-refractivity contribution in [1.29, 1.82) is 0 Å². The summed E-state index contributed by atoms with van der Waals surface area (Å²) in [4.78, 5) is 27.4. The van der Waals surface area contributed by atoms with Crippen LogP contribution in [0, 0.1) is 0 Å². The van der Waals surface area contributed by atoms with Gasteiger partial charge in [-0.2, -0.15) is 0 Å². The number of nitrogens with one attached hydrogen (secondary N) is 1. The predicted molar refractivity (Wildman–Crippen MR) is 147 cm³/mol. The Balaban J connectivity index is 1.63. The molecule has 1 N–H and O–H groups in total. The molecule has 36 heavy (non-hydrogen) atoms. The van der Waals surface area contributed by atoms with Gasteiger partial charge in [-0.05, 0) is 85.5 Å². The molecule has 0 bridgehead atoms. The summed E-state index contributed by atoms with van der Waals surface area (Å²) < 4.78 is 12.2. The van der Waals surface area contributed by atoms with E-state index in [1.165, 1.54) is 5.39 Å². The summed E-state index contributed by atoms with van der Waals surface area (Å²) in [7, 11) is 0. The fraction of sp³-hybridized carbons (Fsp3) is 0.379. The molecule has 5 rings (SSSR count). The van der Waals surface area contributed by atoms with Gasteiger partial charge in [0.05, 0.1) is 13.1 Å². The standard InChI is InChI=1S/C29H31BrN2O4/c1-27(2,3)35-25(33)31-29(15-32(16-29)26(34)36-28(4,5)6)21-13-9-17-8-12-20-22(30)14-10-18-7-11-19(21)23(17)24(18)20/h7-14H,15-16H2,1-6H3,(H,31,33). The van der Waals surface area contributed by atoms with Crippen LogP contribution in [0.15, 0.2) is 53.0 Å². The number of carbonyl (C=O) groups excluding carboxylic acids is 2. The average Bonchev–Trinajstić information content (AvgIpc) is 2.73. The Labute approximate surface area is 219 Å². The van der Waals surface area contributed by atoms with Crippen molar-refractivity contribution >= 4 is 60.4 Å². The molecular weight excluding hydrogens is 520 g/mol. The zero-order chi connectivity index (χ0) is 26.0. The molecule has 0 atom stereocenters. The van der Waals surface area contributed by atoms with Crippen LogP contribution < -0.4 is 5.32 Å². The van der Waals surface area contributed by atoms with Gasteiger partial charge in [-0.25, -0.2) is 9.59 Å². The van der Waals surface area contributed by atoms with E-state index < -0.39 is 28.9 Å². The number of hydrogen-bond donors (Lipinski definition) is 1. The van der Waals surface area contributed by atoms with Crippen molar-refractivity contribution in [2.45, 2.75) is 58.3 Å². The summed E-state index contributed by atoms with van der Waals surface area (Å²) in [6.45, 7) is 11.6. The second-order valence-electron chi connectivity index (χ2n) is 11.6. The third-order valence-electron chi connectivity index (χ3n) is 6.44. The van der Waals surface area contributed by atoms with Crippen LogP contribution in [-0.2, 0) is 15.0 Å². The molecule has 0 saturated carbocycles. The molecule has 1 saturated heterocycles. The van der Waals surface area contributed by atoms with Crippen LogP contribution >= 0.6 is 15.9 Å². The summed E-state index contributed by atoms with van der Waals surface area (Å²) in [6, 6.07) is 16.8. The van der Waals surface area contributed by atoms with Crippen LogP contribution in [0.2, 0.25) is 0 Å². The van der Waals surface area contributed by atoms with Gasteiger partial charge >= 0.3 is 12.2 Å². The van der Waals surface area contributed by atoms with Crippen molar-refractivity contribution in [3.05, 3.63) is 58.6 Å². The fourth-order valence-electron chi connectivity index (χ4n) is 5.06. The largest absolute Gasteiger partial charge is 0.444 e. The van der Waals surface area contributed by atoms with Gasteiger partial charge in [-0.15, -0.1) is 0 Å². The quantitative estimate of drug-likeness (QED) is 0.265. The molecule has 1 aliphatic heterocycles. The second-order valence-corrected chi connectivity index (χ2v) is 12.5. The first kappa shape index (κ1) is 24.6. The van der Waals surface area contributed by atoms with E-state index >= 15 is 0 Å². The molecule has 0 aromatic heterocycles. The van der Waals surface area contributed by atoms with Gasteiger partial charge < -0.3 is 19.7 Å².